The zero-order valence-electron chi connectivity index (χ0n) is 7.89. The third kappa shape index (κ3) is 3.61. The summed E-state index contributed by atoms with van der Waals surface area (Å²) in [6, 6.07) is -0.562. The molecule has 0 aliphatic heterocycles. The van der Waals surface area contributed by atoms with Crippen molar-refractivity contribution in [3.05, 3.63) is 35.1 Å². The summed E-state index contributed by atoms with van der Waals surface area (Å²) < 4.78 is 62.0. The minimum Gasteiger partial charge on any atom is -0.324 e. The summed E-state index contributed by atoms with van der Waals surface area (Å²) in [6.07, 6.45) is -3.53. The number of alkyl halides is 2. The lowest BCUT2D eigenvalue weighted by atomic mass is 10.0. The molecule has 0 aliphatic rings. The lowest BCUT2D eigenvalue weighted by molar-refractivity contribution is 0.128. The molecule has 0 unspecified atom stereocenters. The Morgan fingerprint density at radius 2 is 1.50 bits per heavy atom. The average molecular weight is 262 g/mol. The second kappa shape index (κ2) is 6.00. The molecule has 0 heterocycles. The molecule has 0 saturated heterocycles. The van der Waals surface area contributed by atoms with Crippen LogP contribution in [0.5, 0.6) is 0 Å². The second-order valence-electron chi connectivity index (χ2n) is 3.02. The van der Waals surface area contributed by atoms with Crippen LogP contribution in [0.3, 0.4) is 0 Å². The third-order valence-corrected chi connectivity index (χ3v) is 1.87. The van der Waals surface area contributed by atoms with Gasteiger partial charge in [0.15, 0.2) is 11.6 Å². The largest absolute Gasteiger partial charge is 0.324 e. The van der Waals surface area contributed by atoms with E-state index in [1.807, 2.05) is 0 Å². The molecule has 1 aromatic carbocycles. The summed E-state index contributed by atoms with van der Waals surface area (Å²) in [4.78, 5) is 0. The van der Waals surface area contributed by atoms with E-state index in [9.17, 15) is 22.0 Å². The highest BCUT2D eigenvalue weighted by Crippen LogP contribution is 2.23. The highest BCUT2D eigenvalue weighted by molar-refractivity contribution is 5.85. The van der Waals surface area contributed by atoms with Gasteiger partial charge in [0.25, 0.3) is 0 Å². The minimum absolute atomic E-state index is 0. The Kier molecular flexibility index (Phi) is 5.67. The van der Waals surface area contributed by atoms with Gasteiger partial charge in [-0.25, -0.2) is 22.0 Å². The molecule has 0 bridgehead atoms. The maximum atomic E-state index is 13.0. The van der Waals surface area contributed by atoms with Gasteiger partial charge < -0.3 is 5.73 Å². The normalized spacial score (nSPS) is 12.4. The second-order valence-corrected chi connectivity index (χ2v) is 3.02. The van der Waals surface area contributed by atoms with Gasteiger partial charge in [0.2, 0.25) is 6.43 Å². The van der Waals surface area contributed by atoms with Crippen LogP contribution in [0.1, 0.15) is 18.0 Å². The Balaban J connectivity index is 0.00000225. The Bertz CT molecular complexity index is 358. The van der Waals surface area contributed by atoms with Crippen LogP contribution in [-0.4, -0.2) is 6.43 Å². The van der Waals surface area contributed by atoms with Crippen LogP contribution in [0.4, 0.5) is 22.0 Å². The Morgan fingerprint density at radius 3 is 2.00 bits per heavy atom. The molecule has 0 spiro atoms. The van der Waals surface area contributed by atoms with Crippen LogP contribution in [0, 0.1) is 17.5 Å². The van der Waals surface area contributed by atoms with Crippen LogP contribution in [0.25, 0.3) is 0 Å². The summed E-state index contributed by atoms with van der Waals surface area (Å²) in [7, 11) is 0. The van der Waals surface area contributed by atoms with E-state index < -0.39 is 41.9 Å². The van der Waals surface area contributed by atoms with Crippen molar-refractivity contribution < 1.29 is 22.0 Å². The molecule has 1 rings (SSSR count). The van der Waals surface area contributed by atoms with E-state index in [0.717, 1.165) is 0 Å². The van der Waals surface area contributed by atoms with Crippen LogP contribution >= 0.6 is 12.4 Å². The van der Waals surface area contributed by atoms with Crippen molar-refractivity contribution in [3.8, 4) is 0 Å². The predicted octanol–water partition coefficient (Wildman–Crippen LogP) is 3.18. The fourth-order valence-electron chi connectivity index (χ4n) is 1.14. The smallest absolute Gasteiger partial charge is 0.240 e. The lowest BCUT2D eigenvalue weighted by Crippen LogP contribution is -2.16. The molecule has 0 amide bonds. The van der Waals surface area contributed by atoms with E-state index in [1.165, 1.54) is 0 Å². The summed E-state index contributed by atoms with van der Waals surface area (Å²) in [5.41, 5.74) is 4.76. The van der Waals surface area contributed by atoms with Crippen molar-refractivity contribution >= 4 is 12.4 Å². The van der Waals surface area contributed by atoms with Crippen LogP contribution in [0.15, 0.2) is 12.1 Å². The maximum Gasteiger partial charge on any atom is 0.240 e. The van der Waals surface area contributed by atoms with Gasteiger partial charge in [-0.05, 0) is 6.07 Å². The molecule has 7 heteroatoms. The number of hydrogen-bond donors (Lipinski definition) is 1. The molecule has 0 saturated carbocycles. The molecule has 0 aliphatic carbocycles. The zero-order chi connectivity index (χ0) is 11.6. The van der Waals surface area contributed by atoms with E-state index in [2.05, 4.69) is 0 Å². The molecule has 2 N–H and O–H groups in total. The van der Waals surface area contributed by atoms with Gasteiger partial charge in [0.1, 0.15) is 5.82 Å². The SMILES string of the molecule is Cl.N[C@@H](CC(F)F)c1cc(F)c(F)cc1F. The van der Waals surface area contributed by atoms with Crippen molar-refractivity contribution in [2.24, 2.45) is 5.73 Å². The number of benzene rings is 1. The number of hydrogen-bond acceptors (Lipinski definition) is 1. The van der Waals surface area contributed by atoms with Crippen LogP contribution in [-0.2, 0) is 0 Å². The van der Waals surface area contributed by atoms with Crippen molar-refractivity contribution in [1.82, 2.24) is 0 Å². The topological polar surface area (TPSA) is 26.0 Å². The summed E-state index contributed by atoms with van der Waals surface area (Å²) >= 11 is 0. The Labute approximate surface area is 94.8 Å². The van der Waals surface area contributed by atoms with Gasteiger partial charge in [-0.3, -0.25) is 0 Å². The Hall–Kier alpha value is -0.880. The first-order valence-corrected chi connectivity index (χ1v) is 4.10. The van der Waals surface area contributed by atoms with E-state index >= 15 is 0 Å². The van der Waals surface area contributed by atoms with Gasteiger partial charge in [0.05, 0.1) is 0 Å². The first kappa shape index (κ1) is 15.1. The first-order valence-electron chi connectivity index (χ1n) is 4.10. The number of rotatable bonds is 3. The number of nitrogens with two attached hydrogens (primary N) is 1. The van der Waals surface area contributed by atoms with Gasteiger partial charge in [-0.15, -0.1) is 12.4 Å². The minimum atomic E-state index is -2.73. The molecule has 1 aromatic rings. The van der Waals surface area contributed by atoms with Crippen LogP contribution in [0.2, 0.25) is 0 Å². The molecule has 16 heavy (non-hydrogen) atoms. The van der Waals surface area contributed by atoms with Gasteiger partial charge in [-0.2, -0.15) is 0 Å². The van der Waals surface area contributed by atoms with E-state index in [4.69, 9.17) is 5.73 Å². The summed E-state index contributed by atoms with van der Waals surface area (Å²) in [6.45, 7) is 0. The van der Waals surface area contributed by atoms with Crippen molar-refractivity contribution in [3.63, 3.8) is 0 Å². The van der Waals surface area contributed by atoms with Crippen molar-refractivity contribution in [2.75, 3.05) is 0 Å². The quantitative estimate of drug-likeness (QED) is 0.656. The fourth-order valence-corrected chi connectivity index (χ4v) is 1.14. The van der Waals surface area contributed by atoms with Gasteiger partial charge >= 0.3 is 0 Å². The molecule has 1 atom stereocenters. The molecule has 1 nitrogen and oxygen atoms in total. The predicted molar refractivity (Wildman–Crippen MR) is 51.1 cm³/mol. The highest BCUT2D eigenvalue weighted by atomic mass is 35.5. The van der Waals surface area contributed by atoms with Gasteiger partial charge in [0, 0.05) is 24.1 Å². The fraction of sp³-hybridized carbons (Fsp3) is 0.333. The molecular formula is C9H9ClF5N. The molecule has 0 aromatic heterocycles. The van der Waals surface area contributed by atoms with E-state index in [-0.39, 0.29) is 18.5 Å². The van der Waals surface area contributed by atoms with Crippen molar-refractivity contribution in [1.29, 1.82) is 0 Å². The molecule has 92 valence electrons. The maximum absolute atomic E-state index is 13.0. The van der Waals surface area contributed by atoms with E-state index in [0.29, 0.717) is 6.07 Å². The third-order valence-electron chi connectivity index (χ3n) is 1.87. The molecule has 0 fully saturated rings. The van der Waals surface area contributed by atoms with Gasteiger partial charge in [-0.1, -0.05) is 0 Å². The lowest BCUT2D eigenvalue weighted by Gasteiger charge is -2.12. The monoisotopic (exact) mass is 261 g/mol. The molecule has 0 radical (unpaired) electrons. The zero-order valence-corrected chi connectivity index (χ0v) is 8.71. The summed E-state index contributed by atoms with van der Waals surface area (Å²) in [5, 5.41) is 0. The van der Waals surface area contributed by atoms with Crippen molar-refractivity contribution in [2.45, 2.75) is 18.9 Å². The Morgan fingerprint density at radius 1 is 1.00 bits per heavy atom. The van der Waals surface area contributed by atoms with E-state index in [1.54, 1.807) is 0 Å². The standard InChI is InChI=1S/C9H8F5N.ClH/c10-5-2-7(12)6(11)1-4(5)8(15)3-9(13)14;/h1-2,8-9H,3,15H2;1H/t8-;/m0./s1. The average Bonchev–Trinajstić information content (AvgIpc) is 2.09. The molecular weight excluding hydrogens is 253 g/mol. The summed E-state index contributed by atoms with van der Waals surface area (Å²) in [5.74, 6) is -3.81. The van der Waals surface area contributed by atoms with Crippen LogP contribution < -0.4 is 5.73 Å². The number of halogens is 6. The highest BCUT2D eigenvalue weighted by Gasteiger charge is 2.18. The first-order chi connectivity index (χ1) is 6.91.